The molecule has 0 aromatic rings. The quantitative estimate of drug-likeness (QED) is 0.668. The molecule has 0 aromatic carbocycles. The third-order valence-electron chi connectivity index (χ3n) is 4.40. The molecule has 0 heterocycles. The van der Waals surface area contributed by atoms with Crippen molar-refractivity contribution >= 4 is 0 Å². The molecule has 1 aliphatic carbocycles. The molecule has 1 saturated carbocycles. The van der Waals surface area contributed by atoms with Crippen LogP contribution in [0.1, 0.15) is 84.5 Å². The first-order chi connectivity index (χ1) is 7.70. The van der Waals surface area contributed by atoms with Gasteiger partial charge in [-0.25, -0.2) is 0 Å². The first-order valence-electron chi connectivity index (χ1n) is 7.42. The van der Waals surface area contributed by atoms with Crippen molar-refractivity contribution in [2.45, 2.75) is 90.1 Å². The Balaban J connectivity index is 2.25. The van der Waals surface area contributed by atoms with E-state index in [9.17, 15) is 5.11 Å². The predicted octanol–water partition coefficient (Wildman–Crippen LogP) is 4.68. The summed E-state index contributed by atoms with van der Waals surface area (Å²) in [6.45, 7) is 4.34. The highest BCUT2D eigenvalue weighted by Gasteiger charge is 2.25. The summed E-state index contributed by atoms with van der Waals surface area (Å²) in [7, 11) is 0. The fourth-order valence-corrected chi connectivity index (χ4v) is 2.93. The average Bonchev–Trinajstić information content (AvgIpc) is 2.35. The SMILES string of the molecule is CCCCC(O)(CC)CCC1CCCCC1. The third kappa shape index (κ3) is 4.86. The number of hydrogen-bond donors (Lipinski definition) is 1. The lowest BCUT2D eigenvalue weighted by Crippen LogP contribution is -2.28. The molecule has 0 amide bonds. The number of hydrogen-bond acceptors (Lipinski definition) is 1. The van der Waals surface area contributed by atoms with Crippen molar-refractivity contribution in [2.24, 2.45) is 5.92 Å². The van der Waals surface area contributed by atoms with Crippen LogP contribution in [0.2, 0.25) is 0 Å². The Bertz CT molecular complexity index is 172. The molecule has 1 unspecified atom stereocenters. The molecule has 16 heavy (non-hydrogen) atoms. The lowest BCUT2D eigenvalue weighted by molar-refractivity contribution is 0.00954. The Morgan fingerprint density at radius 1 is 1.06 bits per heavy atom. The van der Waals surface area contributed by atoms with Gasteiger partial charge in [0.25, 0.3) is 0 Å². The first-order valence-corrected chi connectivity index (χ1v) is 7.42. The minimum absolute atomic E-state index is 0.354. The molecule has 1 aliphatic rings. The van der Waals surface area contributed by atoms with Crippen LogP contribution in [0, 0.1) is 5.92 Å². The second-order valence-corrected chi connectivity index (χ2v) is 5.72. The Labute approximate surface area is 102 Å². The topological polar surface area (TPSA) is 20.2 Å². The van der Waals surface area contributed by atoms with E-state index < -0.39 is 0 Å². The van der Waals surface area contributed by atoms with E-state index in [1.165, 1.54) is 51.4 Å². The van der Waals surface area contributed by atoms with Crippen LogP contribution >= 0.6 is 0 Å². The Morgan fingerprint density at radius 2 is 1.75 bits per heavy atom. The summed E-state index contributed by atoms with van der Waals surface area (Å²) in [5.41, 5.74) is -0.354. The highest BCUT2D eigenvalue weighted by Crippen LogP contribution is 2.32. The number of aliphatic hydroxyl groups is 1. The highest BCUT2D eigenvalue weighted by molar-refractivity contribution is 4.79. The molecular weight excluding hydrogens is 196 g/mol. The van der Waals surface area contributed by atoms with Crippen LogP contribution in [0.3, 0.4) is 0 Å². The summed E-state index contributed by atoms with van der Waals surface area (Å²) < 4.78 is 0. The fraction of sp³-hybridized carbons (Fsp3) is 1.00. The van der Waals surface area contributed by atoms with Crippen molar-refractivity contribution in [1.82, 2.24) is 0 Å². The summed E-state index contributed by atoms with van der Waals surface area (Å²) in [6.07, 6.45) is 13.7. The van der Waals surface area contributed by atoms with Gasteiger partial charge in [0, 0.05) is 0 Å². The summed E-state index contributed by atoms with van der Waals surface area (Å²) in [6, 6.07) is 0. The molecule has 1 atom stereocenters. The van der Waals surface area contributed by atoms with Crippen molar-refractivity contribution in [1.29, 1.82) is 0 Å². The molecular formula is C15H30O. The van der Waals surface area contributed by atoms with Crippen molar-refractivity contribution in [3.05, 3.63) is 0 Å². The number of unbranched alkanes of at least 4 members (excludes halogenated alkanes) is 1. The molecule has 0 aliphatic heterocycles. The molecule has 0 aromatic heterocycles. The predicted molar refractivity (Wildman–Crippen MR) is 70.6 cm³/mol. The van der Waals surface area contributed by atoms with Crippen LogP contribution in [0.5, 0.6) is 0 Å². The smallest absolute Gasteiger partial charge is 0.0645 e. The minimum atomic E-state index is -0.354. The molecule has 0 radical (unpaired) electrons. The van der Waals surface area contributed by atoms with Gasteiger partial charge < -0.3 is 5.11 Å². The third-order valence-corrected chi connectivity index (χ3v) is 4.40. The van der Waals surface area contributed by atoms with Gasteiger partial charge in [-0.15, -0.1) is 0 Å². The standard InChI is InChI=1S/C15H30O/c1-3-5-12-15(16,4-2)13-11-14-9-7-6-8-10-14/h14,16H,3-13H2,1-2H3. The monoisotopic (exact) mass is 226 g/mol. The molecule has 1 nitrogen and oxygen atoms in total. The largest absolute Gasteiger partial charge is 0.390 e. The summed E-state index contributed by atoms with van der Waals surface area (Å²) in [5, 5.41) is 10.5. The van der Waals surface area contributed by atoms with Gasteiger partial charge in [-0.05, 0) is 31.6 Å². The zero-order chi connectivity index (χ0) is 11.9. The van der Waals surface area contributed by atoms with E-state index in [1.807, 2.05) is 0 Å². The average molecular weight is 226 g/mol. The second-order valence-electron chi connectivity index (χ2n) is 5.72. The Hall–Kier alpha value is -0.0400. The Morgan fingerprint density at radius 3 is 2.31 bits per heavy atom. The van der Waals surface area contributed by atoms with Crippen LogP contribution in [0.15, 0.2) is 0 Å². The second kappa shape index (κ2) is 7.32. The van der Waals surface area contributed by atoms with Gasteiger partial charge in [-0.2, -0.15) is 0 Å². The summed E-state index contributed by atoms with van der Waals surface area (Å²) in [4.78, 5) is 0. The van der Waals surface area contributed by atoms with Crippen molar-refractivity contribution in [2.75, 3.05) is 0 Å². The van der Waals surface area contributed by atoms with Gasteiger partial charge in [0.05, 0.1) is 5.60 Å². The molecule has 1 fully saturated rings. The Kier molecular flexibility index (Phi) is 6.41. The van der Waals surface area contributed by atoms with E-state index in [0.29, 0.717) is 0 Å². The first kappa shape index (κ1) is 14.0. The van der Waals surface area contributed by atoms with Gasteiger partial charge in [0.1, 0.15) is 0 Å². The van der Waals surface area contributed by atoms with E-state index in [2.05, 4.69) is 13.8 Å². The minimum Gasteiger partial charge on any atom is -0.390 e. The maximum Gasteiger partial charge on any atom is 0.0645 e. The lowest BCUT2D eigenvalue weighted by atomic mass is 9.81. The number of rotatable bonds is 7. The lowest BCUT2D eigenvalue weighted by Gasteiger charge is -2.30. The van der Waals surface area contributed by atoms with E-state index >= 15 is 0 Å². The maximum absolute atomic E-state index is 10.5. The van der Waals surface area contributed by atoms with E-state index in [1.54, 1.807) is 0 Å². The van der Waals surface area contributed by atoms with E-state index in [-0.39, 0.29) is 5.60 Å². The molecule has 1 heteroatoms. The van der Waals surface area contributed by atoms with Crippen molar-refractivity contribution in [3.8, 4) is 0 Å². The van der Waals surface area contributed by atoms with Gasteiger partial charge >= 0.3 is 0 Å². The molecule has 0 saturated heterocycles. The van der Waals surface area contributed by atoms with Crippen molar-refractivity contribution in [3.63, 3.8) is 0 Å². The van der Waals surface area contributed by atoms with Crippen LogP contribution in [0.4, 0.5) is 0 Å². The van der Waals surface area contributed by atoms with E-state index in [4.69, 9.17) is 0 Å². The molecule has 1 rings (SSSR count). The maximum atomic E-state index is 10.5. The van der Waals surface area contributed by atoms with Gasteiger partial charge in [0.2, 0.25) is 0 Å². The zero-order valence-corrected chi connectivity index (χ0v) is 11.3. The van der Waals surface area contributed by atoms with Crippen LogP contribution < -0.4 is 0 Å². The molecule has 1 N–H and O–H groups in total. The zero-order valence-electron chi connectivity index (χ0n) is 11.3. The van der Waals surface area contributed by atoms with Crippen molar-refractivity contribution < 1.29 is 5.11 Å². The fourth-order valence-electron chi connectivity index (χ4n) is 2.93. The van der Waals surface area contributed by atoms with Crippen LogP contribution in [-0.2, 0) is 0 Å². The van der Waals surface area contributed by atoms with E-state index in [0.717, 1.165) is 25.2 Å². The van der Waals surface area contributed by atoms with Crippen LogP contribution in [-0.4, -0.2) is 10.7 Å². The van der Waals surface area contributed by atoms with Gasteiger partial charge in [-0.1, -0.05) is 58.8 Å². The van der Waals surface area contributed by atoms with Gasteiger partial charge in [0.15, 0.2) is 0 Å². The summed E-state index contributed by atoms with van der Waals surface area (Å²) >= 11 is 0. The van der Waals surface area contributed by atoms with Crippen LogP contribution in [0.25, 0.3) is 0 Å². The van der Waals surface area contributed by atoms with Gasteiger partial charge in [-0.3, -0.25) is 0 Å². The normalized spacial score (nSPS) is 21.9. The molecule has 0 spiro atoms. The molecule has 0 bridgehead atoms. The molecule has 96 valence electrons. The summed E-state index contributed by atoms with van der Waals surface area (Å²) in [5.74, 6) is 0.911. The highest BCUT2D eigenvalue weighted by atomic mass is 16.3.